The molecule has 13 nitrogen and oxygen atoms in total. The molecule has 4 atom stereocenters. The number of H-pyrrole nitrogens is 1. The van der Waals surface area contributed by atoms with Gasteiger partial charge >= 0.3 is 11.9 Å². The number of rotatable bonds is 15. The molecular weight excluding hydrogens is 456 g/mol. The molecule has 1 aromatic heterocycles. The van der Waals surface area contributed by atoms with Crippen LogP contribution in [0.3, 0.4) is 0 Å². The number of carbonyl (C=O) groups is 5. The van der Waals surface area contributed by atoms with Crippen LogP contribution in [0.15, 0.2) is 12.5 Å². The van der Waals surface area contributed by atoms with Crippen molar-refractivity contribution in [2.75, 3.05) is 12.0 Å². The highest BCUT2D eigenvalue weighted by Gasteiger charge is 2.28. The monoisotopic (exact) mass is 486 g/mol. The highest BCUT2D eigenvalue weighted by Crippen LogP contribution is 2.04. The number of amides is 3. The molecule has 1 aromatic rings. The van der Waals surface area contributed by atoms with Gasteiger partial charge in [0.2, 0.25) is 17.7 Å². The van der Waals surface area contributed by atoms with Crippen LogP contribution in [0.25, 0.3) is 0 Å². The molecule has 0 aliphatic rings. The van der Waals surface area contributed by atoms with E-state index in [0.29, 0.717) is 11.4 Å². The van der Waals surface area contributed by atoms with Gasteiger partial charge in [-0.2, -0.15) is 11.8 Å². The first-order valence-electron chi connectivity index (χ1n) is 10.1. The zero-order chi connectivity index (χ0) is 25.0. The Morgan fingerprint density at radius 3 is 2.27 bits per heavy atom. The summed E-state index contributed by atoms with van der Waals surface area (Å²) in [7, 11) is 0. The lowest BCUT2D eigenvalue weighted by atomic mass is 10.1. The van der Waals surface area contributed by atoms with Crippen molar-refractivity contribution in [2.45, 2.75) is 56.8 Å². The van der Waals surface area contributed by atoms with E-state index in [1.54, 1.807) is 6.26 Å². The summed E-state index contributed by atoms with van der Waals surface area (Å²) in [6.07, 6.45) is 4.39. The topological polar surface area (TPSA) is 217 Å². The number of nitrogens with zero attached hydrogens (tertiary/aromatic N) is 1. The van der Waals surface area contributed by atoms with Crippen molar-refractivity contribution < 1.29 is 34.2 Å². The molecule has 4 unspecified atom stereocenters. The third-order valence-corrected chi connectivity index (χ3v) is 5.23. The quantitative estimate of drug-likeness (QED) is 0.151. The predicted molar refractivity (Wildman–Crippen MR) is 119 cm³/mol. The molecule has 1 rings (SSSR count). The van der Waals surface area contributed by atoms with Gasteiger partial charge in [0.05, 0.1) is 12.4 Å². The molecule has 33 heavy (non-hydrogen) atoms. The fraction of sp³-hybridized carbons (Fsp3) is 0.579. The van der Waals surface area contributed by atoms with Gasteiger partial charge in [-0.3, -0.25) is 19.2 Å². The number of carbonyl (C=O) groups excluding carboxylic acids is 3. The molecule has 0 bridgehead atoms. The number of aromatic amines is 1. The van der Waals surface area contributed by atoms with E-state index in [-0.39, 0.29) is 19.3 Å². The lowest BCUT2D eigenvalue weighted by molar-refractivity contribution is -0.142. The van der Waals surface area contributed by atoms with Crippen LogP contribution < -0.4 is 21.7 Å². The van der Waals surface area contributed by atoms with Crippen LogP contribution in [0.5, 0.6) is 0 Å². The van der Waals surface area contributed by atoms with E-state index in [4.69, 9.17) is 10.8 Å². The second-order valence-corrected chi connectivity index (χ2v) is 8.28. The summed E-state index contributed by atoms with van der Waals surface area (Å²) in [5.41, 5.74) is 6.46. The first-order valence-corrected chi connectivity index (χ1v) is 11.5. The van der Waals surface area contributed by atoms with E-state index in [9.17, 15) is 29.1 Å². The SMILES string of the molecule is CSCCC(NC(=O)C(C)NC(=O)C(CCC(=O)O)NC(=O)C(N)Cc1cnc[nH]1)C(=O)O. The predicted octanol–water partition coefficient (Wildman–Crippen LogP) is -1.54. The van der Waals surface area contributed by atoms with E-state index in [0.717, 1.165) is 0 Å². The van der Waals surface area contributed by atoms with Gasteiger partial charge in [0.25, 0.3) is 0 Å². The van der Waals surface area contributed by atoms with Gasteiger partial charge in [0.15, 0.2) is 0 Å². The maximum atomic E-state index is 12.7. The molecule has 1 heterocycles. The molecule has 0 radical (unpaired) electrons. The minimum atomic E-state index is -1.26. The number of hydrogen-bond acceptors (Lipinski definition) is 8. The minimum absolute atomic E-state index is 0.116. The van der Waals surface area contributed by atoms with E-state index >= 15 is 0 Å². The van der Waals surface area contributed by atoms with E-state index in [2.05, 4.69) is 25.9 Å². The summed E-state index contributed by atoms with van der Waals surface area (Å²) in [5, 5.41) is 25.3. The van der Waals surface area contributed by atoms with Gasteiger partial charge < -0.3 is 36.9 Å². The number of carboxylic acids is 2. The summed E-state index contributed by atoms with van der Waals surface area (Å²) < 4.78 is 0. The molecule has 184 valence electrons. The molecule has 0 aromatic carbocycles. The normalized spacial score (nSPS) is 14.4. The lowest BCUT2D eigenvalue weighted by Crippen LogP contribution is -2.56. The number of imidazole rings is 1. The summed E-state index contributed by atoms with van der Waals surface area (Å²) >= 11 is 1.43. The van der Waals surface area contributed by atoms with E-state index in [1.165, 1.54) is 31.2 Å². The number of carboxylic acid groups (broad SMARTS) is 2. The van der Waals surface area contributed by atoms with Crippen LogP contribution in [0.4, 0.5) is 0 Å². The smallest absolute Gasteiger partial charge is 0.326 e. The Morgan fingerprint density at radius 1 is 1.06 bits per heavy atom. The molecule has 0 spiro atoms. The summed E-state index contributed by atoms with van der Waals surface area (Å²) in [5.74, 6) is -4.06. The standard InChI is InChI=1S/C19H30N6O7S/c1-10(16(28)25-14(19(31)32)5-6-33-2)23-18(30)13(3-4-15(26)27)24-17(29)12(20)7-11-8-21-9-22-11/h8-10,12-14H,3-7,20H2,1-2H3,(H,21,22)(H,23,30)(H,24,29)(H,25,28)(H,26,27)(H,31,32). The van der Waals surface area contributed by atoms with E-state index < -0.39 is 60.2 Å². The van der Waals surface area contributed by atoms with Gasteiger partial charge in [-0.25, -0.2) is 9.78 Å². The first-order chi connectivity index (χ1) is 15.5. The summed E-state index contributed by atoms with van der Waals surface area (Å²) in [6.45, 7) is 1.35. The average Bonchev–Trinajstić information content (AvgIpc) is 3.26. The number of hydrogen-bond donors (Lipinski definition) is 7. The Labute approximate surface area is 194 Å². The fourth-order valence-electron chi connectivity index (χ4n) is 2.71. The summed E-state index contributed by atoms with van der Waals surface area (Å²) in [4.78, 5) is 66.3. The van der Waals surface area contributed by atoms with Gasteiger partial charge in [0, 0.05) is 24.7 Å². The van der Waals surface area contributed by atoms with Crippen LogP contribution in [0.2, 0.25) is 0 Å². The highest BCUT2D eigenvalue weighted by atomic mass is 32.2. The maximum Gasteiger partial charge on any atom is 0.326 e. The molecule has 3 amide bonds. The minimum Gasteiger partial charge on any atom is -0.481 e. The van der Waals surface area contributed by atoms with Crippen LogP contribution in [0.1, 0.15) is 31.9 Å². The van der Waals surface area contributed by atoms with Crippen molar-refractivity contribution in [2.24, 2.45) is 5.73 Å². The van der Waals surface area contributed by atoms with Gasteiger partial charge in [-0.1, -0.05) is 0 Å². The highest BCUT2D eigenvalue weighted by molar-refractivity contribution is 7.98. The Hall–Kier alpha value is -3.13. The second-order valence-electron chi connectivity index (χ2n) is 7.29. The molecule has 14 heteroatoms. The number of nitrogens with two attached hydrogens (primary N) is 1. The Morgan fingerprint density at radius 2 is 1.73 bits per heavy atom. The Kier molecular flexibility index (Phi) is 11.9. The molecule has 0 aliphatic carbocycles. The molecular formula is C19H30N6O7S. The largest absolute Gasteiger partial charge is 0.481 e. The Balaban J connectivity index is 2.75. The average molecular weight is 487 g/mol. The third kappa shape index (κ3) is 10.4. The van der Waals surface area contributed by atoms with Crippen molar-refractivity contribution in [3.8, 4) is 0 Å². The number of aliphatic carboxylic acids is 2. The van der Waals surface area contributed by atoms with Crippen molar-refractivity contribution in [3.05, 3.63) is 18.2 Å². The number of nitrogens with one attached hydrogen (secondary N) is 4. The first kappa shape index (κ1) is 27.9. The van der Waals surface area contributed by atoms with Crippen molar-refractivity contribution in [3.63, 3.8) is 0 Å². The molecule has 8 N–H and O–H groups in total. The molecule has 0 saturated heterocycles. The second kappa shape index (κ2) is 14.1. The lowest BCUT2D eigenvalue weighted by Gasteiger charge is -2.23. The number of aromatic nitrogens is 2. The zero-order valence-corrected chi connectivity index (χ0v) is 19.2. The van der Waals surface area contributed by atoms with Gasteiger partial charge in [-0.05, 0) is 31.8 Å². The zero-order valence-electron chi connectivity index (χ0n) is 18.4. The summed E-state index contributed by atoms with van der Waals surface area (Å²) in [6, 6.07) is -4.54. The van der Waals surface area contributed by atoms with E-state index in [1.807, 2.05) is 0 Å². The van der Waals surface area contributed by atoms with Gasteiger partial charge in [0.1, 0.15) is 18.1 Å². The maximum absolute atomic E-state index is 12.7. The van der Waals surface area contributed by atoms with Crippen LogP contribution >= 0.6 is 11.8 Å². The van der Waals surface area contributed by atoms with Crippen molar-refractivity contribution in [1.82, 2.24) is 25.9 Å². The molecule has 0 aliphatic heterocycles. The molecule has 0 saturated carbocycles. The van der Waals surface area contributed by atoms with Gasteiger partial charge in [-0.15, -0.1) is 0 Å². The number of thioether (sulfide) groups is 1. The van der Waals surface area contributed by atoms with Crippen LogP contribution in [-0.4, -0.2) is 86.0 Å². The van der Waals surface area contributed by atoms with Crippen LogP contribution in [0, 0.1) is 0 Å². The van der Waals surface area contributed by atoms with Crippen LogP contribution in [-0.2, 0) is 30.4 Å². The fourth-order valence-corrected chi connectivity index (χ4v) is 3.18. The third-order valence-electron chi connectivity index (χ3n) is 4.59. The van der Waals surface area contributed by atoms with Crippen molar-refractivity contribution >= 4 is 41.4 Å². The molecule has 0 fully saturated rings. The Bertz CT molecular complexity index is 820. The van der Waals surface area contributed by atoms with Crippen molar-refractivity contribution in [1.29, 1.82) is 0 Å².